The smallest absolute Gasteiger partial charge is 0.292 e. The van der Waals surface area contributed by atoms with Crippen LogP contribution in [0.25, 0.3) is 27.5 Å². The molecule has 0 aliphatic rings. The number of alkyl halides is 3. The van der Waals surface area contributed by atoms with Crippen LogP contribution < -0.4 is 5.56 Å². The molecule has 0 saturated carbocycles. The maximum atomic E-state index is 13.4. The van der Waals surface area contributed by atoms with Crippen LogP contribution in [0, 0.1) is 0 Å². The lowest BCUT2D eigenvalue weighted by Gasteiger charge is -2.15. The van der Waals surface area contributed by atoms with Crippen LogP contribution in [0.3, 0.4) is 0 Å². The van der Waals surface area contributed by atoms with Crippen LogP contribution >= 0.6 is 0 Å². The predicted octanol–water partition coefficient (Wildman–Crippen LogP) is 6.72. The molecule has 0 N–H and O–H groups in total. The highest BCUT2D eigenvalue weighted by molar-refractivity contribution is 6.06. The number of Topliss-reactive ketones (excluding diaryl/α,β-unsaturated/α-hetero) is 1. The topological polar surface area (TPSA) is 64.8 Å². The number of pyridine rings is 3. The van der Waals surface area contributed by atoms with Crippen molar-refractivity contribution in [2.75, 3.05) is 0 Å². The maximum Gasteiger partial charge on any atom is 0.416 e. The Morgan fingerprint density at radius 2 is 1.62 bits per heavy atom. The van der Waals surface area contributed by atoms with Gasteiger partial charge in [0.05, 0.1) is 16.6 Å². The Balaban J connectivity index is 1.56. The molecule has 2 aromatic carbocycles. The second kappa shape index (κ2) is 9.61. The molecule has 0 spiro atoms. The molecule has 0 aliphatic heterocycles. The van der Waals surface area contributed by atoms with Gasteiger partial charge in [-0.05, 0) is 66.9 Å². The normalized spacial score (nSPS) is 12.6. The van der Waals surface area contributed by atoms with E-state index in [2.05, 4.69) is 9.97 Å². The van der Waals surface area contributed by atoms with Gasteiger partial charge >= 0.3 is 6.18 Å². The van der Waals surface area contributed by atoms with Gasteiger partial charge in [0.2, 0.25) is 0 Å². The molecule has 3 aromatic heterocycles. The zero-order valence-electron chi connectivity index (χ0n) is 19.9. The first-order chi connectivity index (χ1) is 17.7. The number of hydrogen-bond acceptors (Lipinski definition) is 4. The van der Waals surface area contributed by atoms with E-state index in [1.807, 2.05) is 25.1 Å². The molecule has 0 amide bonds. The van der Waals surface area contributed by atoms with Gasteiger partial charge in [-0.15, -0.1) is 0 Å². The Morgan fingerprint density at radius 1 is 0.919 bits per heavy atom. The van der Waals surface area contributed by atoms with Gasteiger partial charge in [0.1, 0.15) is 5.69 Å². The molecular weight excluding hydrogens is 479 g/mol. The number of aromatic nitrogens is 3. The highest BCUT2D eigenvalue weighted by Gasteiger charge is 2.30. The molecule has 8 heteroatoms. The molecule has 0 fully saturated rings. The van der Waals surface area contributed by atoms with Crippen molar-refractivity contribution in [1.82, 2.24) is 14.5 Å². The van der Waals surface area contributed by atoms with Gasteiger partial charge in [-0.3, -0.25) is 19.1 Å². The van der Waals surface area contributed by atoms with E-state index in [1.54, 1.807) is 42.6 Å². The van der Waals surface area contributed by atoms with Crippen LogP contribution in [0.5, 0.6) is 0 Å². The molecule has 186 valence electrons. The average Bonchev–Trinajstić information content (AvgIpc) is 2.92. The van der Waals surface area contributed by atoms with Crippen molar-refractivity contribution in [2.45, 2.75) is 31.9 Å². The van der Waals surface area contributed by atoms with Crippen molar-refractivity contribution in [3.8, 4) is 5.69 Å². The summed E-state index contributed by atoms with van der Waals surface area (Å²) < 4.78 is 40.6. The number of fused-ring (bicyclic) bond motifs is 3. The lowest BCUT2D eigenvalue weighted by Crippen LogP contribution is -2.20. The summed E-state index contributed by atoms with van der Waals surface area (Å²) in [4.78, 5) is 35.4. The lowest BCUT2D eigenvalue weighted by molar-refractivity contribution is -0.137. The molecule has 0 unspecified atom stereocenters. The summed E-state index contributed by atoms with van der Waals surface area (Å²) in [6, 6.07) is 20.1. The van der Waals surface area contributed by atoms with E-state index in [1.165, 1.54) is 16.7 Å². The van der Waals surface area contributed by atoms with Crippen molar-refractivity contribution >= 4 is 27.6 Å². The summed E-state index contributed by atoms with van der Waals surface area (Å²) in [7, 11) is 0. The fourth-order valence-electron chi connectivity index (χ4n) is 4.44. The van der Waals surface area contributed by atoms with Gasteiger partial charge < -0.3 is 0 Å². The van der Waals surface area contributed by atoms with Crippen molar-refractivity contribution in [3.05, 3.63) is 112 Å². The summed E-state index contributed by atoms with van der Waals surface area (Å²) in [5.74, 6) is -0.0441. The fraction of sp³-hybridized carbons (Fsp3) is 0.172. The van der Waals surface area contributed by atoms with Crippen LogP contribution in [-0.2, 0) is 6.18 Å². The molecule has 5 nitrogen and oxygen atoms in total. The predicted molar refractivity (Wildman–Crippen MR) is 136 cm³/mol. The largest absolute Gasteiger partial charge is 0.416 e. The number of carbonyl (C=O) groups excluding carboxylic acids is 1. The zero-order valence-corrected chi connectivity index (χ0v) is 19.9. The first-order valence-corrected chi connectivity index (χ1v) is 11.8. The third kappa shape index (κ3) is 4.74. The number of rotatable bonds is 6. The summed E-state index contributed by atoms with van der Waals surface area (Å²) >= 11 is 0. The van der Waals surface area contributed by atoms with E-state index >= 15 is 0 Å². The van der Waals surface area contributed by atoms with E-state index in [0.29, 0.717) is 28.2 Å². The Kier molecular flexibility index (Phi) is 6.33. The summed E-state index contributed by atoms with van der Waals surface area (Å²) in [6.45, 7) is 2.01. The lowest BCUT2D eigenvalue weighted by atomic mass is 9.98. The number of hydrogen-bond donors (Lipinski definition) is 0. The molecule has 0 radical (unpaired) electrons. The first kappa shape index (κ1) is 24.4. The molecule has 37 heavy (non-hydrogen) atoms. The highest BCUT2D eigenvalue weighted by Crippen LogP contribution is 2.31. The molecule has 0 aliphatic carbocycles. The molecule has 3 heterocycles. The van der Waals surface area contributed by atoms with Gasteiger partial charge in [-0.2, -0.15) is 13.2 Å². The van der Waals surface area contributed by atoms with Crippen molar-refractivity contribution < 1.29 is 18.0 Å². The van der Waals surface area contributed by atoms with E-state index in [-0.39, 0.29) is 35.1 Å². The Labute approximate surface area is 210 Å². The highest BCUT2D eigenvalue weighted by atomic mass is 19.4. The van der Waals surface area contributed by atoms with E-state index in [0.717, 1.165) is 17.8 Å². The van der Waals surface area contributed by atoms with Crippen molar-refractivity contribution in [1.29, 1.82) is 0 Å². The maximum absolute atomic E-state index is 13.4. The minimum absolute atomic E-state index is 0.0938. The van der Waals surface area contributed by atoms with Gasteiger partial charge in [0.15, 0.2) is 5.78 Å². The summed E-state index contributed by atoms with van der Waals surface area (Å²) in [6.07, 6.45) is -1.90. The van der Waals surface area contributed by atoms with E-state index in [9.17, 15) is 22.8 Å². The molecule has 1 atom stereocenters. The number of halogens is 3. The zero-order chi connectivity index (χ0) is 26.2. The summed E-state index contributed by atoms with van der Waals surface area (Å²) in [5.41, 5.74) is 1.10. The van der Waals surface area contributed by atoms with Crippen LogP contribution in [-0.4, -0.2) is 20.3 Å². The quantitative estimate of drug-likeness (QED) is 0.191. The number of ketones is 1. The number of carbonyl (C=O) groups is 1. The van der Waals surface area contributed by atoms with Crippen molar-refractivity contribution in [2.24, 2.45) is 0 Å². The average molecular weight is 502 g/mol. The monoisotopic (exact) mass is 501 g/mol. The van der Waals surface area contributed by atoms with Gasteiger partial charge in [-0.25, -0.2) is 4.98 Å². The third-order valence-corrected chi connectivity index (χ3v) is 6.47. The van der Waals surface area contributed by atoms with Crippen LogP contribution in [0.2, 0.25) is 0 Å². The number of benzene rings is 2. The second-order valence-electron chi connectivity index (χ2n) is 8.91. The first-order valence-electron chi connectivity index (χ1n) is 11.8. The van der Waals surface area contributed by atoms with Gasteiger partial charge in [0, 0.05) is 34.8 Å². The molecule has 5 aromatic rings. The second-order valence-corrected chi connectivity index (χ2v) is 8.91. The third-order valence-electron chi connectivity index (χ3n) is 6.47. The Bertz CT molecular complexity index is 1660. The van der Waals surface area contributed by atoms with Crippen LogP contribution in [0.15, 0.2) is 89.9 Å². The fourth-order valence-corrected chi connectivity index (χ4v) is 4.44. The molecule has 5 rings (SSSR count). The van der Waals surface area contributed by atoms with Gasteiger partial charge in [-0.1, -0.05) is 31.2 Å². The minimum Gasteiger partial charge on any atom is -0.292 e. The van der Waals surface area contributed by atoms with Gasteiger partial charge in [0.25, 0.3) is 5.56 Å². The molecular formula is C29H22F3N3O2. The Morgan fingerprint density at radius 3 is 2.30 bits per heavy atom. The van der Waals surface area contributed by atoms with Crippen LogP contribution in [0.1, 0.15) is 47.4 Å². The number of nitrogens with zero attached hydrogens (tertiary/aromatic N) is 3. The summed E-state index contributed by atoms with van der Waals surface area (Å²) in [5, 5.41) is 0.929. The van der Waals surface area contributed by atoms with Crippen LogP contribution in [0.4, 0.5) is 13.2 Å². The SMILES string of the molecule is C[C@H](CCC(=O)c1ccc2c(n1)c1ccccc1c(=O)n2-c1ccc(C(F)(F)F)cc1)c1ccccn1. The molecule has 0 saturated heterocycles. The standard InChI is InChI=1S/C29H22F3N3O2/c1-18(23-8-4-5-17-33-23)9-16-26(36)24-14-15-25-27(34-24)21-6-2-3-7-22(21)28(37)35(25)20-12-10-19(11-13-20)29(30,31)32/h2-8,10-15,17-18H,9,16H2,1H3/t18-/m1/s1. The van der Waals surface area contributed by atoms with E-state index in [4.69, 9.17) is 0 Å². The van der Waals surface area contributed by atoms with Crippen molar-refractivity contribution in [3.63, 3.8) is 0 Å². The minimum atomic E-state index is -4.49. The Hall–Kier alpha value is -4.33. The van der Waals surface area contributed by atoms with E-state index < -0.39 is 11.7 Å². The molecule has 0 bridgehead atoms.